The molecule has 1 aromatic carbocycles. The first-order valence-electron chi connectivity index (χ1n) is 4.80. The molecular formula is C11H12N4O. The predicted octanol–water partition coefficient (Wildman–Crippen LogP) is 1.82. The van der Waals surface area contributed by atoms with Gasteiger partial charge in [-0.15, -0.1) is 0 Å². The fourth-order valence-corrected chi connectivity index (χ4v) is 1.21. The number of nitrogens with two attached hydrogens (primary N) is 1. The molecule has 0 amide bonds. The molecule has 0 aliphatic heterocycles. The van der Waals surface area contributed by atoms with Crippen LogP contribution in [0.25, 0.3) is 0 Å². The van der Waals surface area contributed by atoms with Crippen LogP contribution in [0.1, 0.15) is 5.56 Å². The van der Waals surface area contributed by atoms with Crippen LogP contribution in [0.2, 0.25) is 0 Å². The lowest BCUT2D eigenvalue weighted by Gasteiger charge is -2.05. The standard InChI is InChI=1S/C11H12N4O/c1-7-2-4-8(5-3-7)14-11-13-6-9(12)10(16)15-11/h2-6H,12H2,1H3,(H2,13,14,15,16). The van der Waals surface area contributed by atoms with Gasteiger partial charge in [-0.3, -0.25) is 0 Å². The molecule has 0 aliphatic rings. The highest BCUT2D eigenvalue weighted by Crippen LogP contribution is 2.19. The van der Waals surface area contributed by atoms with E-state index in [1.807, 2.05) is 31.2 Å². The van der Waals surface area contributed by atoms with Crippen molar-refractivity contribution < 1.29 is 5.11 Å². The van der Waals surface area contributed by atoms with E-state index in [1.165, 1.54) is 11.8 Å². The second-order valence-corrected chi connectivity index (χ2v) is 3.46. The fraction of sp³-hybridized carbons (Fsp3) is 0.0909. The minimum Gasteiger partial charge on any atom is -0.492 e. The number of hydrogen-bond acceptors (Lipinski definition) is 5. The van der Waals surface area contributed by atoms with Crippen molar-refractivity contribution in [2.24, 2.45) is 0 Å². The number of aromatic nitrogens is 2. The molecular weight excluding hydrogens is 204 g/mol. The van der Waals surface area contributed by atoms with Crippen LogP contribution in [0.15, 0.2) is 30.5 Å². The van der Waals surface area contributed by atoms with Crippen molar-refractivity contribution in [3.63, 3.8) is 0 Å². The van der Waals surface area contributed by atoms with Gasteiger partial charge in [-0.25, -0.2) is 4.98 Å². The number of aromatic hydroxyl groups is 1. The highest BCUT2D eigenvalue weighted by molar-refractivity contribution is 5.56. The summed E-state index contributed by atoms with van der Waals surface area (Å²) in [5.41, 5.74) is 7.59. The number of hydrogen-bond donors (Lipinski definition) is 3. The molecule has 2 aromatic rings. The van der Waals surface area contributed by atoms with Crippen molar-refractivity contribution in [1.82, 2.24) is 9.97 Å². The van der Waals surface area contributed by atoms with Gasteiger partial charge in [0.25, 0.3) is 0 Å². The summed E-state index contributed by atoms with van der Waals surface area (Å²) in [6, 6.07) is 7.76. The minimum absolute atomic E-state index is 0.162. The highest BCUT2D eigenvalue weighted by atomic mass is 16.3. The first-order valence-corrected chi connectivity index (χ1v) is 4.80. The molecule has 2 rings (SSSR count). The molecule has 0 saturated heterocycles. The van der Waals surface area contributed by atoms with Crippen LogP contribution in [0, 0.1) is 6.92 Å². The molecule has 1 heterocycles. The second kappa shape index (κ2) is 4.06. The average molecular weight is 216 g/mol. The molecule has 16 heavy (non-hydrogen) atoms. The highest BCUT2D eigenvalue weighted by Gasteiger charge is 2.02. The van der Waals surface area contributed by atoms with Gasteiger partial charge in [0.2, 0.25) is 11.8 Å². The number of nitrogens with one attached hydrogen (secondary N) is 1. The third-order valence-electron chi connectivity index (χ3n) is 2.10. The maximum atomic E-state index is 9.31. The van der Waals surface area contributed by atoms with Gasteiger partial charge in [0.1, 0.15) is 5.69 Å². The molecule has 0 bridgehead atoms. The maximum Gasteiger partial charge on any atom is 0.239 e. The molecule has 4 N–H and O–H groups in total. The van der Waals surface area contributed by atoms with Crippen LogP contribution in [-0.2, 0) is 0 Å². The smallest absolute Gasteiger partial charge is 0.239 e. The van der Waals surface area contributed by atoms with Crippen molar-refractivity contribution in [1.29, 1.82) is 0 Å². The van der Waals surface area contributed by atoms with Crippen LogP contribution in [-0.4, -0.2) is 15.1 Å². The van der Waals surface area contributed by atoms with Gasteiger partial charge in [0.15, 0.2) is 0 Å². The molecule has 5 heteroatoms. The molecule has 5 nitrogen and oxygen atoms in total. The number of benzene rings is 1. The molecule has 0 aliphatic carbocycles. The number of nitrogens with zero attached hydrogens (tertiary/aromatic N) is 2. The third-order valence-corrected chi connectivity index (χ3v) is 2.10. The van der Waals surface area contributed by atoms with E-state index in [9.17, 15) is 5.11 Å². The number of rotatable bonds is 2. The van der Waals surface area contributed by atoms with E-state index in [2.05, 4.69) is 15.3 Å². The van der Waals surface area contributed by atoms with Crippen LogP contribution < -0.4 is 11.1 Å². The lowest BCUT2D eigenvalue weighted by Crippen LogP contribution is -1.98. The van der Waals surface area contributed by atoms with Crippen molar-refractivity contribution >= 4 is 17.3 Å². The molecule has 82 valence electrons. The van der Waals surface area contributed by atoms with E-state index >= 15 is 0 Å². The van der Waals surface area contributed by atoms with Crippen LogP contribution in [0.3, 0.4) is 0 Å². The number of nitrogen functional groups attached to an aromatic ring is 1. The summed E-state index contributed by atoms with van der Waals surface area (Å²) in [5, 5.41) is 12.3. The van der Waals surface area contributed by atoms with Crippen molar-refractivity contribution in [3.05, 3.63) is 36.0 Å². The van der Waals surface area contributed by atoms with Gasteiger partial charge in [0, 0.05) is 5.69 Å². The average Bonchev–Trinajstić information content (AvgIpc) is 2.27. The molecule has 0 atom stereocenters. The molecule has 1 aromatic heterocycles. The Hall–Kier alpha value is -2.30. The summed E-state index contributed by atoms with van der Waals surface area (Å²) >= 11 is 0. The Kier molecular flexibility index (Phi) is 2.59. The van der Waals surface area contributed by atoms with Crippen LogP contribution in [0.4, 0.5) is 17.3 Å². The fourth-order valence-electron chi connectivity index (χ4n) is 1.21. The van der Waals surface area contributed by atoms with E-state index in [4.69, 9.17) is 5.73 Å². The Morgan fingerprint density at radius 1 is 1.25 bits per heavy atom. The van der Waals surface area contributed by atoms with Crippen LogP contribution in [0.5, 0.6) is 5.88 Å². The lowest BCUT2D eigenvalue weighted by molar-refractivity contribution is 0.456. The number of anilines is 3. The Balaban J connectivity index is 2.20. The van der Waals surface area contributed by atoms with Crippen molar-refractivity contribution in [2.75, 3.05) is 11.1 Å². The first kappa shape index (κ1) is 10.2. The zero-order valence-corrected chi connectivity index (χ0v) is 8.81. The Morgan fingerprint density at radius 3 is 2.56 bits per heavy atom. The molecule has 0 saturated carbocycles. The zero-order chi connectivity index (χ0) is 11.5. The topological polar surface area (TPSA) is 84.1 Å². The van der Waals surface area contributed by atoms with E-state index in [0.717, 1.165) is 5.69 Å². The quantitative estimate of drug-likeness (QED) is 0.713. The van der Waals surface area contributed by atoms with Gasteiger partial charge < -0.3 is 16.2 Å². The summed E-state index contributed by atoms with van der Waals surface area (Å²) < 4.78 is 0. The first-order chi connectivity index (χ1) is 7.65. The lowest BCUT2D eigenvalue weighted by atomic mass is 10.2. The Labute approximate surface area is 93.0 Å². The molecule has 0 radical (unpaired) electrons. The second-order valence-electron chi connectivity index (χ2n) is 3.46. The van der Waals surface area contributed by atoms with Crippen LogP contribution >= 0.6 is 0 Å². The molecule has 0 fully saturated rings. The van der Waals surface area contributed by atoms with E-state index < -0.39 is 0 Å². The van der Waals surface area contributed by atoms with Gasteiger partial charge in [-0.2, -0.15) is 4.98 Å². The summed E-state index contributed by atoms with van der Waals surface area (Å²) in [6.45, 7) is 2.01. The molecule has 0 unspecified atom stereocenters. The Bertz CT molecular complexity index is 496. The summed E-state index contributed by atoms with van der Waals surface area (Å²) in [5.74, 6) is 0.0974. The van der Waals surface area contributed by atoms with Gasteiger partial charge in [0.05, 0.1) is 6.20 Å². The largest absolute Gasteiger partial charge is 0.492 e. The normalized spacial score (nSPS) is 10.1. The van der Waals surface area contributed by atoms with Gasteiger partial charge in [-0.1, -0.05) is 17.7 Å². The predicted molar refractivity (Wildman–Crippen MR) is 62.6 cm³/mol. The summed E-state index contributed by atoms with van der Waals surface area (Å²) in [4.78, 5) is 7.75. The van der Waals surface area contributed by atoms with Crippen molar-refractivity contribution in [3.8, 4) is 5.88 Å². The monoisotopic (exact) mass is 216 g/mol. The van der Waals surface area contributed by atoms with E-state index in [0.29, 0.717) is 5.95 Å². The van der Waals surface area contributed by atoms with Gasteiger partial charge >= 0.3 is 0 Å². The van der Waals surface area contributed by atoms with E-state index in [-0.39, 0.29) is 11.6 Å². The third kappa shape index (κ3) is 2.20. The SMILES string of the molecule is Cc1ccc(Nc2ncc(N)c(O)n2)cc1. The summed E-state index contributed by atoms with van der Waals surface area (Å²) in [7, 11) is 0. The maximum absolute atomic E-state index is 9.31. The summed E-state index contributed by atoms with van der Waals surface area (Å²) in [6.07, 6.45) is 1.36. The minimum atomic E-state index is -0.218. The van der Waals surface area contributed by atoms with Gasteiger partial charge in [-0.05, 0) is 19.1 Å². The van der Waals surface area contributed by atoms with Crippen molar-refractivity contribution in [2.45, 2.75) is 6.92 Å². The Morgan fingerprint density at radius 2 is 1.94 bits per heavy atom. The number of aryl methyl sites for hydroxylation is 1. The van der Waals surface area contributed by atoms with E-state index in [1.54, 1.807) is 0 Å². The molecule has 0 spiro atoms. The zero-order valence-electron chi connectivity index (χ0n) is 8.81.